The number of pyridine rings is 1. The third-order valence-electron chi connectivity index (χ3n) is 5.41. The molecule has 0 spiro atoms. The molecule has 0 bridgehead atoms. The third kappa shape index (κ3) is 4.69. The normalized spacial score (nSPS) is 11.9. The number of aliphatic carboxylic acids is 1. The van der Waals surface area contributed by atoms with Gasteiger partial charge in [-0.15, -0.1) is 0 Å². The number of carbonyl (C=O) groups is 1. The van der Waals surface area contributed by atoms with Gasteiger partial charge in [-0.3, -0.25) is 9.59 Å². The molecular weight excluding hydrogens is 420 g/mol. The summed E-state index contributed by atoms with van der Waals surface area (Å²) in [5, 5.41) is 20.6. The minimum absolute atomic E-state index is 0.0427. The minimum Gasteiger partial charge on any atom is -0.480 e. The Morgan fingerprint density at radius 1 is 1.00 bits per heavy atom. The first-order valence-electron chi connectivity index (χ1n) is 10.7. The van der Waals surface area contributed by atoms with Crippen molar-refractivity contribution < 1.29 is 9.90 Å². The summed E-state index contributed by atoms with van der Waals surface area (Å²) in [6.45, 7) is 2.46. The Balaban J connectivity index is 1.47. The number of anilines is 4. The van der Waals surface area contributed by atoms with Crippen LogP contribution in [0, 0.1) is 0 Å². The number of hydrogen-bond donors (Lipinski definition) is 4. The second kappa shape index (κ2) is 9.52. The predicted octanol–water partition coefficient (Wildman–Crippen LogP) is 3.50. The van der Waals surface area contributed by atoms with E-state index < -0.39 is 22.9 Å². The molecule has 1 unspecified atom stereocenters. The van der Waals surface area contributed by atoms with Gasteiger partial charge in [-0.25, -0.2) is 9.78 Å². The number of fused-ring (bicyclic) bond motifs is 1. The number of carboxylic acids is 1. The van der Waals surface area contributed by atoms with E-state index >= 15 is 0 Å². The molecule has 0 aliphatic carbocycles. The van der Waals surface area contributed by atoms with Crippen molar-refractivity contribution in [2.45, 2.75) is 25.8 Å². The van der Waals surface area contributed by atoms with E-state index in [-0.39, 0.29) is 17.8 Å². The lowest BCUT2D eigenvalue weighted by molar-refractivity contribution is -0.137. The van der Waals surface area contributed by atoms with Crippen LogP contribution in [0.5, 0.6) is 0 Å². The Morgan fingerprint density at radius 3 is 2.45 bits per heavy atom. The van der Waals surface area contributed by atoms with Gasteiger partial charge in [0.15, 0.2) is 0 Å². The summed E-state index contributed by atoms with van der Waals surface area (Å²) in [7, 11) is 0. The largest absolute Gasteiger partial charge is 0.480 e. The second-order valence-corrected chi connectivity index (χ2v) is 7.78. The van der Waals surface area contributed by atoms with E-state index in [2.05, 4.69) is 20.9 Å². The highest BCUT2D eigenvalue weighted by molar-refractivity contribution is 5.93. The van der Waals surface area contributed by atoms with Crippen LogP contribution in [0.4, 0.5) is 22.9 Å². The molecule has 1 aromatic heterocycles. The molecule has 0 aliphatic heterocycles. The lowest BCUT2D eigenvalue weighted by Crippen LogP contribution is -2.42. The van der Waals surface area contributed by atoms with Crippen molar-refractivity contribution in [2.24, 2.45) is 0 Å². The number of carboxylic acid groups (broad SMARTS) is 1. The van der Waals surface area contributed by atoms with Gasteiger partial charge in [0.05, 0.1) is 0 Å². The molecule has 4 aromatic rings. The molecule has 33 heavy (non-hydrogen) atoms. The zero-order valence-electron chi connectivity index (χ0n) is 18.1. The zero-order chi connectivity index (χ0) is 23.4. The van der Waals surface area contributed by atoms with E-state index in [1.165, 1.54) is 0 Å². The summed E-state index contributed by atoms with van der Waals surface area (Å²) < 4.78 is 0. The molecule has 1 heterocycles. The van der Waals surface area contributed by atoms with Crippen molar-refractivity contribution in [1.29, 1.82) is 0 Å². The summed E-state index contributed by atoms with van der Waals surface area (Å²) in [6, 6.07) is 16.2. The van der Waals surface area contributed by atoms with Crippen molar-refractivity contribution in [3.63, 3.8) is 0 Å². The second-order valence-electron chi connectivity index (χ2n) is 7.78. The van der Waals surface area contributed by atoms with Gasteiger partial charge in [0.2, 0.25) is 0 Å². The molecule has 1 atom stereocenters. The van der Waals surface area contributed by atoms with Crippen LogP contribution in [-0.2, 0) is 11.2 Å². The first-order chi connectivity index (χ1) is 16.0. The number of rotatable bonds is 10. The highest BCUT2D eigenvalue weighted by atomic mass is 16.4. The summed E-state index contributed by atoms with van der Waals surface area (Å²) in [5.41, 5.74) is 0.481. The summed E-state index contributed by atoms with van der Waals surface area (Å²) >= 11 is 0. The maximum absolute atomic E-state index is 11.9. The van der Waals surface area contributed by atoms with Crippen molar-refractivity contribution >= 4 is 39.6 Å². The number of nitrogens with one attached hydrogen (secondary N) is 3. The Kier molecular flexibility index (Phi) is 6.35. The fourth-order valence-corrected chi connectivity index (χ4v) is 3.64. The molecule has 8 nitrogen and oxygen atoms in total. The SMILES string of the molecule is CCCNc1c(NC(Cc2ccc(Nc3nccc4ccccc34)cc2)C(=O)O)c(=O)c1=O. The molecule has 0 fully saturated rings. The highest BCUT2D eigenvalue weighted by Gasteiger charge is 2.26. The Hall–Kier alpha value is -4.20. The minimum atomic E-state index is -1.10. The van der Waals surface area contributed by atoms with Gasteiger partial charge in [0, 0.05) is 30.2 Å². The van der Waals surface area contributed by atoms with E-state index in [1.54, 1.807) is 6.20 Å². The van der Waals surface area contributed by atoms with Crippen LogP contribution < -0.4 is 26.8 Å². The summed E-state index contributed by atoms with van der Waals surface area (Å²) in [4.78, 5) is 39.9. The molecule has 0 aliphatic rings. The van der Waals surface area contributed by atoms with Gasteiger partial charge in [-0.1, -0.05) is 43.3 Å². The number of hydrogen-bond acceptors (Lipinski definition) is 7. The highest BCUT2D eigenvalue weighted by Crippen LogP contribution is 2.24. The molecule has 3 aromatic carbocycles. The number of nitrogens with zero attached hydrogens (tertiary/aromatic N) is 1. The van der Waals surface area contributed by atoms with Crippen molar-refractivity contribution in [1.82, 2.24) is 4.98 Å². The Bertz CT molecular complexity index is 1350. The van der Waals surface area contributed by atoms with E-state index in [1.807, 2.05) is 61.5 Å². The fourth-order valence-electron chi connectivity index (χ4n) is 3.64. The van der Waals surface area contributed by atoms with Crippen LogP contribution in [0.25, 0.3) is 10.8 Å². The van der Waals surface area contributed by atoms with E-state index in [0.717, 1.165) is 34.3 Å². The van der Waals surface area contributed by atoms with E-state index in [4.69, 9.17) is 0 Å². The van der Waals surface area contributed by atoms with Crippen molar-refractivity contribution in [3.05, 3.63) is 86.8 Å². The maximum atomic E-state index is 11.9. The molecule has 0 amide bonds. The van der Waals surface area contributed by atoms with Gasteiger partial charge in [-0.2, -0.15) is 0 Å². The first kappa shape index (κ1) is 22.0. The van der Waals surface area contributed by atoms with Gasteiger partial charge in [-0.05, 0) is 35.6 Å². The number of aromatic nitrogens is 1. The van der Waals surface area contributed by atoms with Crippen LogP contribution in [-0.4, -0.2) is 28.6 Å². The smallest absolute Gasteiger partial charge is 0.326 e. The van der Waals surface area contributed by atoms with Crippen LogP contribution in [0.15, 0.2) is 70.4 Å². The predicted molar refractivity (Wildman–Crippen MR) is 130 cm³/mol. The molecule has 8 heteroatoms. The molecule has 0 radical (unpaired) electrons. The van der Waals surface area contributed by atoms with Crippen LogP contribution >= 0.6 is 0 Å². The molecule has 4 N–H and O–H groups in total. The van der Waals surface area contributed by atoms with Crippen LogP contribution in [0.1, 0.15) is 18.9 Å². The average Bonchev–Trinajstić information content (AvgIpc) is 2.83. The molecular formula is C25H24N4O4. The third-order valence-corrected chi connectivity index (χ3v) is 5.41. The molecule has 4 rings (SSSR count). The van der Waals surface area contributed by atoms with Gasteiger partial charge in [0.25, 0.3) is 10.9 Å². The Labute approximate surface area is 190 Å². The average molecular weight is 444 g/mol. The molecule has 168 valence electrons. The standard InChI is InChI=1S/C25H24N4O4/c1-2-12-26-20-21(23(31)22(20)30)29-19(25(32)33)14-15-7-9-17(10-8-15)28-24-18-6-4-3-5-16(18)11-13-27-24/h3-11,13,19,26,29H,2,12,14H2,1H3,(H,27,28)(H,32,33). The maximum Gasteiger partial charge on any atom is 0.326 e. The topological polar surface area (TPSA) is 120 Å². The van der Waals surface area contributed by atoms with Gasteiger partial charge in [0.1, 0.15) is 23.2 Å². The van der Waals surface area contributed by atoms with E-state index in [0.29, 0.717) is 6.54 Å². The van der Waals surface area contributed by atoms with Crippen molar-refractivity contribution in [2.75, 3.05) is 22.5 Å². The zero-order valence-corrected chi connectivity index (χ0v) is 18.1. The Morgan fingerprint density at radius 2 is 1.73 bits per heavy atom. The fraction of sp³-hybridized carbons (Fsp3) is 0.200. The van der Waals surface area contributed by atoms with Gasteiger partial charge < -0.3 is 21.1 Å². The first-order valence-corrected chi connectivity index (χ1v) is 10.7. The molecule has 0 saturated heterocycles. The van der Waals surface area contributed by atoms with Crippen molar-refractivity contribution in [3.8, 4) is 0 Å². The lowest BCUT2D eigenvalue weighted by atomic mass is 10.0. The monoisotopic (exact) mass is 444 g/mol. The summed E-state index contributed by atoms with van der Waals surface area (Å²) in [6.07, 6.45) is 2.66. The summed E-state index contributed by atoms with van der Waals surface area (Å²) in [5.74, 6) is -0.371. The number of benzene rings is 2. The quantitative estimate of drug-likeness (QED) is 0.274. The van der Waals surface area contributed by atoms with Crippen LogP contribution in [0.3, 0.4) is 0 Å². The molecule has 0 saturated carbocycles. The van der Waals surface area contributed by atoms with Gasteiger partial charge >= 0.3 is 5.97 Å². The van der Waals surface area contributed by atoms with Crippen LogP contribution in [0.2, 0.25) is 0 Å². The van der Waals surface area contributed by atoms with E-state index in [9.17, 15) is 19.5 Å². The lowest BCUT2D eigenvalue weighted by Gasteiger charge is -2.20.